The van der Waals surface area contributed by atoms with Gasteiger partial charge in [0.15, 0.2) is 0 Å². The van der Waals surface area contributed by atoms with Gasteiger partial charge in [0.05, 0.1) is 11.6 Å². The highest BCUT2D eigenvalue weighted by atomic mass is 16.5. The van der Waals surface area contributed by atoms with Gasteiger partial charge in [-0.2, -0.15) is 5.26 Å². The van der Waals surface area contributed by atoms with Crippen molar-refractivity contribution in [2.75, 3.05) is 19.7 Å². The second kappa shape index (κ2) is 7.84. The van der Waals surface area contributed by atoms with Gasteiger partial charge < -0.3 is 4.74 Å². The minimum absolute atomic E-state index is 0.243. The summed E-state index contributed by atoms with van der Waals surface area (Å²) in [4.78, 5) is 2.61. The number of rotatable bonds is 5. The van der Waals surface area contributed by atoms with Crippen LogP contribution in [-0.2, 0) is 16.9 Å². The van der Waals surface area contributed by atoms with Gasteiger partial charge in [0.1, 0.15) is 5.60 Å². The predicted molar refractivity (Wildman–Crippen MR) is 107 cm³/mol. The molecule has 2 fully saturated rings. The van der Waals surface area contributed by atoms with E-state index in [0.717, 1.165) is 25.2 Å². The quantitative estimate of drug-likeness (QED) is 0.774. The van der Waals surface area contributed by atoms with E-state index in [0.29, 0.717) is 18.4 Å². The molecule has 3 nitrogen and oxygen atoms in total. The van der Waals surface area contributed by atoms with Crippen molar-refractivity contribution in [3.63, 3.8) is 0 Å². The van der Waals surface area contributed by atoms with Crippen molar-refractivity contribution in [3.8, 4) is 6.07 Å². The Hall–Kier alpha value is -2.15. The zero-order chi connectivity index (χ0) is 18.7. The van der Waals surface area contributed by atoms with Crippen molar-refractivity contribution < 1.29 is 4.74 Å². The molecule has 0 spiro atoms. The molecule has 0 aromatic heterocycles. The van der Waals surface area contributed by atoms with Gasteiger partial charge in [0.2, 0.25) is 0 Å². The number of hydrogen-bond acceptors (Lipinski definition) is 3. The smallest absolute Gasteiger partial charge is 0.101 e. The van der Waals surface area contributed by atoms with Crippen LogP contribution in [0.3, 0.4) is 0 Å². The standard InChI is InChI=1S/C24H28N2O/c1-2-27-24(21-11-6-10-20(14-21)15-25)22-12-7-13-23(24)18-26(17-22)16-19-8-4-3-5-9-19/h3-6,8-11,14,22-23H,2,7,12-13,16-18H2,1H3/t22-,23+,24-. The number of ether oxygens (including phenoxy) is 1. The summed E-state index contributed by atoms with van der Waals surface area (Å²) in [6.45, 7) is 5.93. The number of nitrogens with zero attached hydrogens (tertiary/aromatic N) is 2. The largest absolute Gasteiger partial charge is 0.370 e. The molecule has 4 rings (SSSR count). The lowest BCUT2D eigenvalue weighted by Gasteiger charge is -2.56. The van der Waals surface area contributed by atoms with Gasteiger partial charge in [-0.1, -0.05) is 48.9 Å². The Morgan fingerprint density at radius 3 is 2.48 bits per heavy atom. The van der Waals surface area contributed by atoms with E-state index in [4.69, 9.17) is 4.74 Å². The molecule has 0 N–H and O–H groups in total. The van der Waals surface area contributed by atoms with Crippen LogP contribution in [0.4, 0.5) is 0 Å². The van der Waals surface area contributed by atoms with E-state index in [-0.39, 0.29) is 5.60 Å². The molecule has 1 heterocycles. The molecule has 3 atom stereocenters. The van der Waals surface area contributed by atoms with Gasteiger partial charge >= 0.3 is 0 Å². The summed E-state index contributed by atoms with van der Waals surface area (Å²) in [5.74, 6) is 0.949. The average Bonchev–Trinajstić information content (AvgIpc) is 2.69. The third kappa shape index (κ3) is 3.40. The van der Waals surface area contributed by atoms with Gasteiger partial charge in [-0.05, 0) is 43.0 Å². The Morgan fingerprint density at radius 2 is 1.81 bits per heavy atom. The van der Waals surface area contributed by atoms with Crippen molar-refractivity contribution in [1.29, 1.82) is 5.26 Å². The molecular weight excluding hydrogens is 332 g/mol. The molecule has 1 aliphatic heterocycles. The predicted octanol–water partition coefficient (Wildman–Crippen LogP) is 4.72. The third-order valence-electron chi connectivity index (χ3n) is 6.35. The van der Waals surface area contributed by atoms with Gasteiger partial charge in [0.25, 0.3) is 0 Å². The van der Waals surface area contributed by atoms with Crippen LogP contribution in [0.2, 0.25) is 0 Å². The molecule has 2 aliphatic rings. The average molecular weight is 361 g/mol. The summed E-state index contributed by atoms with van der Waals surface area (Å²) >= 11 is 0. The first-order chi connectivity index (χ1) is 13.3. The number of hydrogen-bond donors (Lipinski definition) is 0. The SMILES string of the molecule is CCO[C@]1(c2cccc(C#N)c2)[C@@H]2CCC[C@H]1CN(Cc1ccccc1)C2. The zero-order valence-corrected chi connectivity index (χ0v) is 16.1. The monoisotopic (exact) mass is 360 g/mol. The Morgan fingerprint density at radius 1 is 1.07 bits per heavy atom. The first-order valence-corrected chi connectivity index (χ1v) is 10.2. The fourth-order valence-electron chi connectivity index (χ4n) is 5.36. The van der Waals surface area contributed by atoms with Crippen LogP contribution < -0.4 is 0 Å². The first kappa shape index (κ1) is 18.2. The minimum atomic E-state index is -0.243. The molecule has 1 aliphatic carbocycles. The second-order valence-electron chi connectivity index (χ2n) is 7.92. The van der Waals surface area contributed by atoms with Gasteiger partial charge in [-0.3, -0.25) is 4.90 Å². The highest BCUT2D eigenvalue weighted by Gasteiger charge is 2.53. The maximum absolute atomic E-state index is 9.38. The Balaban J connectivity index is 1.66. The van der Waals surface area contributed by atoms with E-state index in [1.165, 1.54) is 30.4 Å². The van der Waals surface area contributed by atoms with E-state index in [1.807, 2.05) is 12.1 Å². The van der Waals surface area contributed by atoms with Crippen LogP contribution >= 0.6 is 0 Å². The van der Waals surface area contributed by atoms with Gasteiger partial charge in [0, 0.05) is 38.1 Å². The van der Waals surface area contributed by atoms with Crippen LogP contribution in [0.5, 0.6) is 0 Å². The highest BCUT2D eigenvalue weighted by Crippen LogP contribution is 2.52. The zero-order valence-electron chi connectivity index (χ0n) is 16.1. The molecule has 2 aromatic rings. The Kier molecular flexibility index (Phi) is 5.29. The molecule has 1 saturated carbocycles. The minimum Gasteiger partial charge on any atom is -0.370 e. The molecule has 0 amide bonds. The van der Waals surface area contributed by atoms with Crippen LogP contribution in [0.15, 0.2) is 54.6 Å². The summed E-state index contributed by atoms with van der Waals surface area (Å²) in [6.07, 6.45) is 3.67. The molecule has 0 radical (unpaired) electrons. The van der Waals surface area contributed by atoms with E-state index >= 15 is 0 Å². The fraction of sp³-hybridized carbons (Fsp3) is 0.458. The van der Waals surface area contributed by atoms with Crippen molar-refractivity contribution in [2.24, 2.45) is 11.8 Å². The van der Waals surface area contributed by atoms with Crippen molar-refractivity contribution in [3.05, 3.63) is 71.3 Å². The number of nitriles is 1. The lowest BCUT2D eigenvalue weighted by molar-refractivity contribution is -0.184. The van der Waals surface area contributed by atoms with Crippen molar-refractivity contribution in [2.45, 2.75) is 38.3 Å². The van der Waals surface area contributed by atoms with E-state index in [9.17, 15) is 5.26 Å². The van der Waals surface area contributed by atoms with Gasteiger partial charge in [-0.15, -0.1) is 0 Å². The maximum Gasteiger partial charge on any atom is 0.101 e. The van der Waals surface area contributed by atoms with E-state index < -0.39 is 0 Å². The molecule has 3 heteroatoms. The fourth-order valence-corrected chi connectivity index (χ4v) is 5.36. The number of benzene rings is 2. The highest BCUT2D eigenvalue weighted by molar-refractivity contribution is 5.37. The first-order valence-electron chi connectivity index (χ1n) is 10.2. The lowest BCUT2D eigenvalue weighted by Crippen LogP contribution is -2.59. The lowest BCUT2D eigenvalue weighted by atomic mass is 9.62. The van der Waals surface area contributed by atoms with Crippen molar-refractivity contribution in [1.82, 2.24) is 4.90 Å². The van der Waals surface area contributed by atoms with Crippen LogP contribution in [0.1, 0.15) is 42.9 Å². The maximum atomic E-state index is 9.38. The molecule has 27 heavy (non-hydrogen) atoms. The normalized spacial score (nSPS) is 27.9. The summed E-state index contributed by atoms with van der Waals surface area (Å²) < 4.78 is 6.59. The third-order valence-corrected chi connectivity index (χ3v) is 6.35. The Labute approximate surface area is 162 Å². The molecule has 2 aromatic carbocycles. The van der Waals surface area contributed by atoms with Crippen LogP contribution in [-0.4, -0.2) is 24.6 Å². The van der Waals surface area contributed by atoms with E-state index in [2.05, 4.69) is 60.4 Å². The van der Waals surface area contributed by atoms with Gasteiger partial charge in [-0.25, -0.2) is 0 Å². The second-order valence-corrected chi connectivity index (χ2v) is 7.92. The van der Waals surface area contributed by atoms with Crippen LogP contribution in [0, 0.1) is 23.2 Å². The number of likely N-dealkylation sites (tertiary alicyclic amines) is 1. The van der Waals surface area contributed by atoms with E-state index in [1.54, 1.807) is 0 Å². The summed E-state index contributed by atoms with van der Waals surface area (Å²) in [5.41, 5.74) is 3.08. The molecule has 1 saturated heterocycles. The van der Waals surface area contributed by atoms with Crippen LogP contribution in [0.25, 0.3) is 0 Å². The summed E-state index contributed by atoms with van der Waals surface area (Å²) in [6, 6.07) is 21.2. The number of piperidine rings is 1. The molecule has 2 bridgehead atoms. The summed E-state index contributed by atoms with van der Waals surface area (Å²) in [5, 5.41) is 9.38. The number of fused-ring (bicyclic) bond motifs is 2. The Bertz CT molecular complexity index is 797. The summed E-state index contributed by atoms with van der Waals surface area (Å²) in [7, 11) is 0. The molecule has 0 unspecified atom stereocenters. The molecule has 140 valence electrons. The topological polar surface area (TPSA) is 36.3 Å². The molecular formula is C24H28N2O. The van der Waals surface area contributed by atoms with Crippen molar-refractivity contribution >= 4 is 0 Å².